The molecule has 0 unspecified atom stereocenters. The molecule has 8 heteroatoms. The van der Waals surface area contributed by atoms with Crippen molar-refractivity contribution >= 4 is 16.0 Å². The van der Waals surface area contributed by atoms with E-state index in [4.69, 9.17) is 5.11 Å². The summed E-state index contributed by atoms with van der Waals surface area (Å²) in [5.41, 5.74) is 0.268. The number of nitrogens with one attached hydrogen (secondary N) is 1. The predicted octanol–water partition coefficient (Wildman–Crippen LogP) is 0.246. The molecule has 19 heavy (non-hydrogen) atoms. The third-order valence-corrected chi connectivity index (χ3v) is 3.92. The van der Waals surface area contributed by atoms with Gasteiger partial charge in [-0.25, -0.2) is 12.8 Å². The van der Waals surface area contributed by atoms with Crippen molar-refractivity contribution in [3.05, 3.63) is 29.6 Å². The Morgan fingerprint density at radius 1 is 1.42 bits per heavy atom. The molecule has 0 amide bonds. The van der Waals surface area contributed by atoms with Crippen LogP contribution < -0.4 is 4.72 Å². The molecule has 0 heterocycles. The first-order valence-electron chi connectivity index (χ1n) is 5.34. The topological polar surface area (TPSA) is 104 Å². The van der Waals surface area contributed by atoms with Gasteiger partial charge >= 0.3 is 5.97 Å². The van der Waals surface area contributed by atoms with Gasteiger partial charge in [-0.2, -0.15) is 4.72 Å². The van der Waals surface area contributed by atoms with Crippen LogP contribution in [0, 0.1) is 12.7 Å². The van der Waals surface area contributed by atoms with E-state index in [1.54, 1.807) is 0 Å². The summed E-state index contributed by atoms with van der Waals surface area (Å²) in [5, 5.41) is 18.0. The summed E-state index contributed by atoms with van der Waals surface area (Å²) < 4.78 is 38.8. The highest BCUT2D eigenvalue weighted by atomic mass is 32.2. The molecule has 0 bridgehead atoms. The maximum absolute atomic E-state index is 13.3. The van der Waals surface area contributed by atoms with E-state index in [0.717, 1.165) is 19.1 Å². The van der Waals surface area contributed by atoms with Crippen LogP contribution in [0.15, 0.2) is 23.1 Å². The van der Waals surface area contributed by atoms with Gasteiger partial charge in [0.15, 0.2) is 0 Å². The van der Waals surface area contributed by atoms with E-state index in [1.807, 2.05) is 4.72 Å². The standard InChI is InChI=1S/C11H14FNO5S/c1-6-3-4-8(5-9(6)12)19(17,18)13-10(7(2)14)11(15)16/h3-5,7,10,13-14H,1-2H3,(H,15,16)/t7-,10+/m1/s1. The monoisotopic (exact) mass is 291 g/mol. The number of carboxylic acids is 1. The SMILES string of the molecule is Cc1ccc(S(=O)(=O)N[C@H](C(=O)O)[C@@H](C)O)cc1F. The van der Waals surface area contributed by atoms with Crippen molar-refractivity contribution < 1.29 is 27.8 Å². The van der Waals surface area contributed by atoms with Gasteiger partial charge in [0, 0.05) is 0 Å². The molecule has 0 aliphatic rings. The number of aliphatic carboxylic acids is 1. The second kappa shape index (κ2) is 5.64. The zero-order valence-electron chi connectivity index (χ0n) is 10.3. The van der Waals surface area contributed by atoms with Gasteiger partial charge < -0.3 is 10.2 Å². The average Bonchev–Trinajstić information content (AvgIpc) is 2.28. The normalized spacial score (nSPS) is 14.9. The van der Waals surface area contributed by atoms with E-state index in [2.05, 4.69) is 0 Å². The molecule has 0 radical (unpaired) electrons. The number of halogens is 1. The Morgan fingerprint density at radius 3 is 2.42 bits per heavy atom. The van der Waals surface area contributed by atoms with Gasteiger partial charge in [0.1, 0.15) is 11.9 Å². The number of aliphatic hydroxyl groups excluding tert-OH is 1. The maximum atomic E-state index is 13.3. The fraction of sp³-hybridized carbons (Fsp3) is 0.364. The Hall–Kier alpha value is -1.51. The Morgan fingerprint density at radius 2 is 2.00 bits per heavy atom. The summed E-state index contributed by atoms with van der Waals surface area (Å²) in [6, 6.07) is 1.51. The van der Waals surface area contributed by atoms with Crippen molar-refractivity contribution in [2.24, 2.45) is 0 Å². The summed E-state index contributed by atoms with van der Waals surface area (Å²) in [5.74, 6) is -2.24. The zero-order valence-corrected chi connectivity index (χ0v) is 11.1. The highest BCUT2D eigenvalue weighted by molar-refractivity contribution is 7.89. The van der Waals surface area contributed by atoms with E-state index < -0.39 is 38.9 Å². The molecule has 1 rings (SSSR count). The average molecular weight is 291 g/mol. The van der Waals surface area contributed by atoms with Crippen LogP contribution in [-0.2, 0) is 14.8 Å². The van der Waals surface area contributed by atoms with Gasteiger partial charge in [0.05, 0.1) is 11.0 Å². The molecule has 0 fully saturated rings. The number of rotatable bonds is 5. The van der Waals surface area contributed by atoms with Crippen LogP contribution in [0.2, 0.25) is 0 Å². The molecular weight excluding hydrogens is 277 g/mol. The number of hydrogen-bond donors (Lipinski definition) is 3. The van der Waals surface area contributed by atoms with Crippen molar-refractivity contribution in [1.82, 2.24) is 4.72 Å². The number of sulfonamides is 1. The Labute approximate surface area is 109 Å². The summed E-state index contributed by atoms with van der Waals surface area (Å²) in [7, 11) is -4.22. The lowest BCUT2D eigenvalue weighted by atomic mass is 10.2. The van der Waals surface area contributed by atoms with Gasteiger partial charge in [-0.05, 0) is 31.5 Å². The lowest BCUT2D eigenvalue weighted by molar-refractivity contribution is -0.141. The van der Waals surface area contributed by atoms with E-state index in [-0.39, 0.29) is 5.56 Å². The first-order chi connectivity index (χ1) is 8.65. The maximum Gasteiger partial charge on any atom is 0.324 e. The minimum absolute atomic E-state index is 0.268. The van der Waals surface area contributed by atoms with Crippen LogP contribution in [0.5, 0.6) is 0 Å². The lowest BCUT2D eigenvalue weighted by Crippen LogP contribution is -2.47. The second-order valence-electron chi connectivity index (χ2n) is 4.09. The fourth-order valence-electron chi connectivity index (χ4n) is 1.33. The minimum atomic E-state index is -4.22. The number of aliphatic hydroxyl groups is 1. The van der Waals surface area contributed by atoms with E-state index in [0.29, 0.717) is 0 Å². The van der Waals surface area contributed by atoms with E-state index >= 15 is 0 Å². The van der Waals surface area contributed by atoms with Crippen LogP contribution in [0.1, 0.15) is 12.5 Å². The van der Waals surface area contributed by atoms with Crippen LogP contribution in [0.25, 0.3) is 0 Å². The van der Waals surface area contributed by atoms with Crippen LogP contribution in [0.3, 0.4) is 0 Å². The van der Waals surface area contributed by atoms with Crippen LogP contribution in [0.4, 0.5) is 4.39 Å². The Kier molecular flexibility index (Phi) is 4.61. The molecule has 0 saturated heterocycles. The number of aryl methyl sites for hydroxylation is 1. The van der Waals surface area contributed by atoms with E-state index in [9.17, 15) is 22.7 Å². The molecule has 0 aliphatic heterocycles. The third kappa shape index (κ3) is 3.72. The van der Waals surface area contributed by atoms with Crippen LogP contribution >= 0.6 is 0 Å². The largest absolute Gasteiger partial charge is 0.480 e. The molecule has 106 valence electrons. The molecule has 3 N–H and O–H groups in total. The molecule has 1 aromatic rings. The summed E-state index contributed by atoms with van der Waals surface area (Å²) in [6.45, 7) is 2.60. The molecule has 0 aliphatic carbocycles. The van der Waals surface area contributed by atoms with E-state index in [1.165, 1.54) is 13.0 Å². The molecule has 0 spiro atoms. The second-order valence-corrected chi connectivity index (χ2v) is 5.80. The summed E-state index contributed by atoms with van der Waals surface area (Å²) in [6.07, 6.45) is -1.43. The van der Waals surface area contributed by atoms with Gasteiger partial charge in [-0.1, -0.05) is 6.07 Å². The van der Waals surface area contributed by atoms with Gasteiger partial charge in [-0.15, -0.1) is 0 Å². The fourth-order valence-corrected chi connectivity index (χ4v) is 2.61. The Bertz CT molecular complexity index is 585. The molecule has 1 aromatic carbocycles. The van der Waals surface area contributed by atoms with Crippen molar-refractivity contribution in [2.45, 2.75) is 30.9 Å². The van der Waals surface area contributed by atoms with Gasteiger partial charge in [-0.3, -0.25) is 4.79 Å². The van der Waals surface area contributed by atoms with Crippen molar-refractivity contribution in [3.63, 3.8) is 0 Å². The predicted molar refractivity (Wildman–Crippen MR) is 64.6 cm³/mol. The summed E-state index contributed by atoms with van der Waals surface area (Å²) in [4.78, 5) is 10.4. The first kappa shape index (κ1) is 15.5. The van der Waals surface area contributed by atoms with Crippen molar-refractivity contribution in [3.8, 4) is 0 Å². The quantitative estimate of drug-likeness (QED) is 0.721. The lowest BCUT2D eigenvalue weighted by Gasteiger charge is -2.17. The first-order valence-corrected chi connectivity index (χ1v) is 6.83. The number of carbonyl (C=O) groups is 1. The number of hydrogen-bond acceptors (Lipinski definition) is 4. The molecule has 2 atom stereocenters. The number of benzene rings is 1. The van der Waals surface area contributed by atoms with Crippen molar-refractivity contribution in [2.75, 3.05) is 0 Å². The smallest absolute Gasteiger partial charge is 0.324 e. The zero-order chi connectivity index (χ0) is 14.8. The number of carboxylic acid groups (broad SMARTS) is 1. The molecule has 0 saturated carbocycles. The van der Waals surface area contributed by atoms with Gasteiger partial charge in [0.2, 0.25) is 10.0 Å². The third-order valence-electron chi connectivity index (χ3n) is 2.48. The van der Waals surface area contributed by atoms with Crippen molar-refractivity contribution in [1.29, 1.82) is 0 Å². The highest BCUT2D eigenvalue weighted by Gasteiger charge is 2.29. The van der Waals surface area contributed by atoms with Crippen LogP contribution in [-0.4, -0.2) is 36.7 Å². The highest BCUT2D eigenvalue weighted by Crippen LogP contribution is 2.15. The molecular formula is C11H14FNO5S. The van der Waals surface area contributed by atoms with Gasteiger partial charge in [0.25, 0.3) is 0 Å². The minimum Gasteiger partial charge on any atom is -0.480 e. The summed E-state index contributed by atoms with van der Waals surface area (Å²) >= 11 is 0. The molecule has 0 aromatic heterocycles. The Balaban J connectivity index is 3.10. The molecule has 6 nitrogen and oxygen atoms in total.